The zero-order chi connectivity index (χ0) is 20.8. The fourth-order valence-electron chi connectivity index (χ4n) is 2.71. The summed E-state index contributed by atoms with van der Waals surface area (Å²) in [6.07, 6.45) is 4.85. The summed E-state index contributed by atoms with van der Waals surface area (Å²) in [6.45, 7) is 2.19. The molecular formula is C18H33F3O5S. The van der Waals surface area contributed by atoms with Gasteiger partial charge in [0.25, 0.3) is 10.1 Å². The van der Waals surface area contributed by atoms with Crippen LogP contribution in [0.3, 0.4) is 0 Å². The highest BCUT2D eigenvalue weighted by atomic mass is 32.2. The number of hydrogen-bond acceptors (Lipinski definition) is 4. The van der Waals surface area contributed by atoms with Crippen molar-refractivity contribution >= 4 is 16.1 Å². The Labute approximate surface area is 160 Å². The smallest absolute Gasteiger partial charge is 0.426 e. The first kappa shape index (κ1) is 26.2. The SMILES string of the molecule is CCCCCCCCCCCCCCC(=O)OC(CS(=O)(=O)O)C(F)(F)F. The first-order chi connectivity index (χ1) is 12.6. The van der Waals surface area contributed by atoms with Crippen LogP contribution >= 0.6 is 0 Å². The van der Waals surface area contributed by atoms with Crippen molar-refractivity contribution in [3.05, 3.63) is 0 Å². The van der Waals surface area contributed by atoms with Crippen molar-refractivity contribution in [1.29, 1.82) is 0 Å². The van der Waals surface area contributed by atoms with Crippen LogP contribution in [-0.2, 0) is 19.6 Å². The molecule has 0 heterocycles. The van der Waals surface area contributed by atoms with Gasteiger partial charge < -0.3 is 4.74 Å². The van der Waals surface area contributed by atoms with Gasteiger partial charge >= 0.3 is 12.1 Å². The van der Waals surface area contributed by atoms with Crippen LogP contribution in [0.15, 0.2) is 0 Å². The van der Waals surface area contributed by atoms with Gasteiger partial charge in [-0.15, -0.1) is 0 Å². The lowest BCUT2D eigenvalue weighted by Gasteiger charge is -2.19. The number of rotatable bonds is 16. The Morgan fingerprint density at radius 1 is 0.889 bits per heavy atom. The predicted octanol–water partition coefficient (Wildman–Crippen LogP) is 5.44. The molecular weight excluding hydrogens is 385 g/mol. The second-order valence-electron chi connectivity index (χ2n) is 6.91. The first-order valence-corrected chi connectivity index (χ1v) is 11.4. The monoisotopic (exact) mass is 418 g/mol. The number of unbranched alkanes of at least 4 members (excludes halogenated alkanes) is 11. The minimum atomic E-state index is -5.04. The Balaban J connectivity index is 3.75. The minimum absolute atomic E-state index is 0.199. The second kappa shape index (κ2) is 14.2. The van der Waals surface area contributed by atoms with E-state index in [1.165, 1.54) is 44.9 Å². The lowest BCUT2D eigenvalue weighted by atomic mass is 10.0. The molecule has 9 heteroatoms. The fourth-order valence-corrected chi connectivity index (χ4v) is 3.35. The van der Waals surface area contributed by atoms with Crippen molar-refractivity contribution in [3.8, 4) is 0 Å². The standard InChI is InChI=1S/C18H33F3O5S/c1-2-3-4-5-6-7-8-9-10-11-12-13-14-17(22)26-16(18(19,20)21)15-27(23,24)25/h16H,2-15H2,1H3,(H,23,24,25). The minimum Gasteiger partial charge on any atom is -0.451 e. The number of esters is 1. The molecule has 0 aliphatic carbocycles. The summed E-state index contributed by atoms with van der Waals surface area (Å²) in [4.78, 5) is 11.5. The number of ether oxygens (including phenoxy) is 1. The molecule has 0 aliphatic rings. The molecule has 0 saturated heterocycles. The molecule has 1 N–H and O–H groups in total. The fraction of sp³-hybridized carbons (Fsp3) is 0.944. The molecule has 0 aromatic carbocycles. The highest BCUT2D eigenvalue weighted by molar-refractivity contribution is 7.85. The third-order valence-corrected chi connectivity index (χ3v) is 4.96. The molecule has 1 unspecified atom stereocenters. The van der Waals surface area contributed by atoms with E-state index in [4.69, 9.17) is 4.55 Å². The van der Waals surface area contributed by atoms with Crippen molar-refractivity contribution in [1.82, 2.24) is 0 Å². The van der Waals surface area contributed by atoms with Gasteiger partial charge in [-0.05, 0) is 6.42 Å². The summed E-state index contributed by atoms with van der Waals surface area (Å²) in [5.74, 6) is -2.78. The van der Waals surface area contributed by atoms with Crippen LogP contribution < -0.4 is 0 Å². The third-order valence-electron chi connectivity index (χ3n) is 4.24. The van der Waals surface area contributed by atoms with Gasteiger partial charge in [0, 0.05) is 6.42 Å². The Kier molecular flexibility index (Phi) is 13.8. The first-order valence-electron chi connectivity index (χ1n) is 9.77. The van der Waals surface area contributed by atoms with Gasteiger partial charge in [-0.2, -0.15) is 21.6 Å². The maximum absolute atomic E-state index is 12.6. The third kappa shape index (κ3) is 17.0. The van der Waals surface area contributed by atoms with Crippen molar-refractivity contribution < 1.29 is 35.7 Å². The molecule has 0 fully saturated rings. The van der Waals surface area contributed by atoms with E-state index in [9.17, 15) is 26.4 Å². The Morgan fingerprint density at radius 2 is 1.30 bits per heavy atom. The van der Waals surface area contributed by atoms with E-state index in [2.05, 4.69) is 11.7 Å². The molecule has 162 valence electrons. The Morgan fingerprint density at radius 3 is 1.67 bits per heavy atom. The normalized spacial score (nSPS) is 13.5. The molecule has 0 aromatic rings. The number of hydrogen-bond donors (Lipinski definition) is 1. The van der Waals surface area contributed by atoms with Gasteiger partial charge in [0.15, 0.2) is 0 Å². The predicted molar refractivity (Wildman–Crippen MR) is 98.0 cm³/mol. The van der Waals surface area contributed by atoms with E-state index in [1.807, 2.05) is 0 Å². The molecule has 0 rings (SSSR count). The van der Waals surface area contributed by atoms with Crippen molar-refractivity contribution in [3.63, 3.8) is 0 Å². The number of alkyl halides is 3. The molecule has 27 heavy (non-hydrogen) atoms. The van der Waals surface area contributed by atoms with Gasteiger partial charge in [0.05, 0.1) is 0 Å². The van der Waals surface area contributed by atoms with Crippen molar-refractivity contribution in [2.45, 2.75) is 103 Å². The zero-order valence-electron chi connectivity index (χ0n) is 16.1. The van der Waals surface area contributed by atoms with Gasteiger partial charge in [-0.25, -0.2) is 0 Å². The van der Waals surface area contributed by atoms with Crippen LogP contribution in [0.4, 0.5) is 13.2 Å². The number of halogens is 3. The van der Waals surface area contributed by atoms with Crippen LogP contribution in [0.1, 0.15) is 90.4 Å². The van der Waals surface area contributed by atoms with E-state index >= 15 is 0 Å². The summed E-state index contributed by atoms with van der Waals surface area (Å²) >= 11 is 0. The van der Waals surface area contributed by atoms with Gasteiger partial charge in [0.1, 0.15) is 5.75 Å². The highest BCUT2D eigenvalue weighted by Gasteiger charge is 2.45. The molecule has 0 spiro atoms. The van der Waals surface area contributed by atoms with Crippen molar-refractivity contribution in [2.24, 2.45) is 0 Å². The Hall–Kier alpha value is -0.830. The van der Waals surface area contributed by atoms with Gasteiger partial charge in [-0.3, -0.25) is 9.35 Å². The maximum Gasteiger partial charge on any atom is 0.426 e. The lowest BCUT2D eigenvalue weighted by Crippen LogP contribution is -2.39. The topological polar surface area (TPSA) is 80.7 Å². The summed E-state index contributed by atoms with van der Waals surface area (Å²) in [6, 6.07) is 0. The molecule has 5 nitrogen and oxygen atoms in total. The molecule has 0 amide bonds. The molecule has 0 bridgehead atoms. The average molecular weight is 419 g/mol. The van der Waals surface area contributed by atoms with E-state index in [0.717, 1.165) is 19.3 Å². The molecule has 0 radical (unpaired) electrons. The maximum atomic E-state index is 12.6. The number of carbonyl (C=O) groups excluding carboxylic acids is 1. The second-order valence-corrected chi connectivity index (χ2v) is 8.40. The summed E-state index contributed by atoms with van der Waals surface area (Å²) < 4.78 is 71.8. The lowest BCUT2D eigenvalue weighted by molar-refractivity contribution is -0.215. The average Bonchev–Trinajstić information content (AvgIpc) is 2.53. The van der Waals surface area contributed by atoms with Crippen molar-refractivity contribution in [2.75, 3.05) is 5.75 Å². The summed E-state index contributed by atoms with van der Waals surface area (Å²) in [5.41, 5.74) is 0. The molecule has 0 aliphatic heterocycles. The van der Waals surface area contributed by atoms with E-state index in [0.29, 0.717) is 12.8 Å². The van der Waals surface area contributed by atoms with Crippen LogP contribution in [0, 0.1) is 0 Å². The van der Waals surface area contributed by atoms with Crippen LogP contribution in [0.25, 0.3) is 0 Å². The summed E-state index contributed by atoms with van der Waals surface area (Å²) in [7, 11) is -4.90. The number of carbonyl (C=O) groups is 1. The molecule has 0 saturated carbocycles. The zero-order valence-corrected chi connectivity index (χ0v) is 16.9. The molecule has 1 atom stereocenters. The van der Waals surface area contributed by atoms with E-state index < -0.39 is 34.1 Å². The van der Waals surface area contributed by atoms with Crippen LogP contribution in [0.2, 0.25) is 0 Å². The van der Waals surface area contributed by atoms with E-state index in [1.54, 1.807) is 0 Å². The van der Waals surface area contributed by atoms with Crippen LogP contribution in [-0.4, -0.2) is 37.0 Å². The Bertz CT molecular complexity index is 492. The van der Waals surface area contributed by atoms with Gasteiger partial charge in [-0.1, -0.05) is 77.6 Å². The van der Waals surface area contributed by atoms with Gasteiger partial charge in [0.2, 0.25) is 6.10 Å². The quantitative estimate of drug-likeness (QED) is 0.205. The van der Waals surface area contributed by atoms with E-state index in [-0.39, 0.29) is 6.42 Å². The highest BCUT2D eigenvalue weighted by Crippen LogP contribution is 2.24. The summed E-state index contributed by atoms with van der Waals surface area (Å²) in [5, 5.41) is 0. The molecule has 0 aromatic heterocycles. The largest absolute Gasteiger partial charge is 0.451 e. The van der Waals surface area contributed by atoms with Crippen LogP contribution in [0.5, 0.6) is 0 Å².